The molecule has 29 heavy (non-hydrogen) atoms. The number of rotatable bonds is 6. The summed E-state index contributed by atoms with van der Waals surface area (Å²) in [7, 11) is 0. The molecule has 0 unspecified atom stereocenters. The lowest BCUT2D eigenvalue weighted by Crippen LogP contribution is -2.15. The SMILES string of the molecule is Cl.N#Cc1ccc(NC(=O)c2ccc(SCc3ccccc3)nc2)c(C(=O)O)c1. The van der Waals surface area contributed by atoms with Gasteiger partial charge in [0.25, 0.3) is 5.91 Å². The molecule has 3 aromatic rings. The number of amides is 1. The van der Waals surface area contributed by atoms with E-state index in [1.165, 1.54) is 30.0 Å². The Balaban J connectivity index is 0.00000300. The van der Waals surface area contributed by atoms with Crippen molar-refractivity contribution in [3.8, 4) is 6.07 Å². The van der Waals surface area contributed by atoms with Gasteiger partial charge in [-0.3, -0.25) is 4.79 Å². The molecule has 1 aromatic heterocycles. The third-order valence-electron chi connectivity index (χ3n) is 3.86. The van der Waals surface area contributed by atoms with Crippen LogP contribution in [0.5, 0.6) is 0 Å². The molecule has 6 nitrogen and oxygen atoms in total. The Labute approximate surface area is 178 Å². The average molecular weight is 426 g/mol. The summed E-state index contributed by atoms with van der Waals surface area (Å²) in [6.45, 7) is 0. The topological polar surface area (TPSA) is 103 Å². The number of hydrogen-bond acceptors (Lipinski definition) is 5. The van der Waals surface area contributed by atoms with Gasteiger partial charge in [-0.2, -0.15) is 5.26 Å². The summed E-state index contributed by atoms with van der Waals surface area (Å²) in [4.78, 5) is 28.1. The van der Waals surface area contributed by atoms with E-state index < -0.39 is 11.9 Å². The molecular weight excluding hydrogens is 410 g/mol. The van der Waals surface area contributed by atoms with Crippen molar-refractivity contribution in [1.29, 1.82) is 5.26 Å². The lowest BCUT2D eigenvalue weighted by Gasteiger charge is -2.09. The molecule has 0 atom stereocenters. The predicted molar refractivity (Wildman–Crippen MR) is 114 cm³/mol. The molecule has 0 saturated carbocycles. The number of thioether (sulfide) groups is 1. The number of aromatic nitrogens is 1. The van der Waals surface area contributed by atoms with Crippen molar-refractivity contribution in [3.05, 3.63) is 89.1 Å². The van der Waals surface area contributed by atoms with Crippen LogP contribution in [-0.2, 0) is 5.75 Å². The van der Waals surface area contributed by atoms with Crippen LogP contribution in [0.1, 0.15) is 31.8 Å². The van der Waals surface area contributed by atoms with Crippen LogP contribution in [-0.4, -0.2) is 22.0 Å². The van der Waals surface area contributed by atoms with Crippen LogP contribution in [0, 0.1) is 11.3 Å². The van der Waals surface area contributed by atoms with E-state index in [1.54, 1.807) is 23.9 Å². The number of carboxylic acid groups (broad SMARTS) is 1. The van der Waals surface area contributed by atoms with Crippen LogP contribution < -0.4 is 5.32 Å². The van der Waals surface area contributed by atoms with Crippen molar-refractivity contribution >= 4 is 41.7 Å². The summed E-state index contributed by atoms with van der Waals surface area (Å²) in [5.74, 6) is -0.926. The monoisotopic (exact) mass is 425 g/mol. The molecule has 2 N–H and O–H groups in total. The lowest BCUT2D eigenvalue weighted by atomic mass is 10.1. The van der Waals surface area contributed by atoms with E-state index in [1.807, 2.05) is 36.4 Å². The Morgan fingerprint density at radius 3 is 2.48 bits per heavy atom. The first-order chi connectivity index (χ1) is 13.6. The van der Waals surface area contributed by atoms with Gasteiger partial charge in [0.1, 0.15) is 0 Å². The highest BCUT2D eigenvalue weighted by atomic mass is 35.5. The zero-order valence-corrected chi connectivity index (χ0v) is 16.7. The first kappa shape index (κ1) is 22.0. The maximum atomic E-state index is 12.4. The van der Waals surface area contributed by atoms with Crippen molar-refractivity contribution in [2.75, 3.05) is 5.32 Å². The minimum Gasteiger partial charge on any atom is -0.478 e. The zero-order chi connectivity index (χ0) is 19.9. The fourth-order valence-electron chi connectivity index (χ4n) is 2.43. The molecule has 1 amide bonds. The van der Waals surface area contributed by atoms with E-state index >= 15 is 0 Å². The van der Waals surface area contributed by atoms with Crippen LogP contribution in [0.15, 0.2) is 71.9 Å². The van der Waals surface area contributed by atoms with Gasteiger partial charge in [-0.25, -0.2) is 9.78 Å². The second-order valence-corrected chi connectivity index (χ2v) is 6.79. The number of pyridine rings is 1. The van der Waals surface area contributed by atoms with Gasteiger partial charge in [0, 0.05) is 11.9 Å². The van der Waals surface area contributed by atoms with E-state index in [9.17, 15) is 14.7 Å². The van der Waals surface area contributed by atoms with Gasteiger partial charge >= 0.3 is 5.97 Å². The molecule has 0 bridgehead atoms. The fraction of sp³-hybridized carbons (Fsp3) is 0.0476. The number of halogens is 1. The largest absolute Gasteiger partial charge is 0.478 e. The van der Waals surface area contributed by atoms with E-state index in [2.05, 4.69) is 10.3 Å². The Kier molecular flexibility index (Phi) is 7.78. The molecule has 0 fully saturated rings. The Hall–Kier alpha value is -3.34. The number of nitrogens with zero attached hydrogens (tertiary/aromatic N) is 2. The molecule has 0 aliphatic rings. The quantitative estimate of drug-likeness (QED) is 0.558. The van der Waals surface area contributed by atoms with E-state index in [4.69, 9.17) is 5.26 Å². The molecule has 146 valence electrons. The highest BCUT2D eigenvalue weighted by molar-refractivity contribution is 7.98. The van der Waals surface area contributed by atoms with Crippen molar-refractivity contribution in [2.45, 2.75) is 10.8 Å². The fourth-order valence-corrected chi connectivity index (χ4v) is 3.22. The van der Waals surface area contributed by atoms with Crippen molar-refractivity contribution in [1.82, 2.24) is 4.98 Å². The summed E-state index contributed by atoms with van der Waals surface area (Å²) in [5, 5.41) is 21.5. The standard InChI is InChI=1S/C21H15N3O3S.ClH/c22-11-15-6-8-18(17(10-15)21(26)27)24-20(25)16-7-9-19(23-12-16)28-13-14-4-2-1-3-5-14;/h1-10,12H,13H2,(H,24,25)(H,26,27);1H. The van der Waals surface area contributed by atoms with Crippen LogP contribution in [0.25, 0.3) is 0 Å². The highest BCUT2D eigenvalue weighted by Gasteiger charge is 2.15. The van der Waals surface area contributed by atoms with Crippen LogP contribution in [0.2, 0.25) is 0 Å². The van der Waals surface area contributed by atoms with Gasteiger partial charge in [-0.15, -0.1) is 24.2 Å². The number of carbonyl (C=O) groups excluding carboxylic acids is 1. The van der Waals surface area contributed by atoms with Crippen molar-refractivity contribution < 1.29 is 14.7 Å². The summed E-state index contributed by atoms with van der Waals surface area (Å²) in [5.41, 5.74) is 1.68. The molecule has 0 aliphatic heterocycles. The van der Waals surface area contributed by atoms with Crippen LogP contribution in [0.4, 0.5) is 5.69 Å². The third-order valence-corrected chi connectivity index (χ3v) is 4.87. The summed E-state index contributed by atoms with van der Waals surface area (Å²) in [6.07, 6.45) is 1.45. The molecule has 2 aromatic carbocycles. The number of anilines is 1. The van der Waals surface area contributed by atoms with Crippen LogP contribution >= 0.6 is 24.2 Å². The van der Waals surface area contributed by atoms with Crippen LogP contribution in [0.3, 0.4) is 0 Å². The minimum atomic E-state index is -1.22. The maximum Gasteiger partial charge on any atom is 0.337 e. The number of nitriles is 1. The van der Waals surface area contributed by atoms with Crippen molar-refractivity contribution in [3.63, 3.8) is 0 Å². The average Bonchev–Trinajstić information content (AvgIpc) is 2.73. The molecular formula is C21H16ClN3O3S. The first-order valence-electron chi connectivity index (χ1n) is 8.28. The summed E-state index contributed by atoms with van der Waals surface area (Å²) < 4.78 is 0. The van der Waals surface area contributed by atoms with Gasteiger partial charge in [0.15, 0.2) is 0 Å². The molecule has 1 heterocycles. The number of carbonyl (C=O) groups is 2. The molecule has 3 rings (SSSR count). The molecule has 8 heteroatoms. The molecule has 0 aliphatic carbocycles. The zero-order valence-electron chi connectivity index (χ0n) is 15.0. The summed E-state index contributed by atoms with van der Waals surface area (Å²) >= 11 is 1.56. The smallest absolute Gasteiger partial charge is 0.337 e. The maximum absolute atomic E-state index is 12.4. The minimum absolute atomic E-state index is 0. The van der Waals surface area contributed by atoms with Gasteiger partial charge in [-0.05, 0) is 35.9 Å². The second kappa shape index (κ2) is 10.3. The predicted octanol–water partition coefficient (Wildman–Crippen LogP) is 4.62. The lowest BCUT2D eigenvalue weighted by molar-refractivity contribution is 0.0698. The van der Waals surface area contributed by atoms with E-state index in [-0.39, 0.29) is 29.2 Å². The molecule has 0 spiro atoms. The van der Waals surface area contributed by atoms with E-state index in [0.29, 0.717) is 5.56 Å². The molecule has 0 radical (unpaired) electrons. The summed E-state index contributed by atoms with van der Waals surface area (Å²) in [6, 6.07) is 19.3. The van der Waals surface area contributed by atoms with Gasteiger partial charge in [-0.1, -0.05) is 30.3 Å². The number of hydrogen-bond donors (Lipinski definition) is 2. The normalized spacial score (nSPS) is 9.76. The van der Waals surface area contributed by atoms with Gasteiger partial charge in [0.2, 0.25) is 0 Å². The Bertz CT molecular complexity index is 1050. The Morgan fingerprint density at radius 2 is 1.86 bits per heavy atom. The number of benzene rings is 2. The molecule has 0 saturated heterocycles. The number of carboxylic acids is 1. The second-order valence-electron chi connectivity index (χ2n) is 5.79. The van der Waals surface area contributed by atoms with Gasteiger partial charge in [0.05, 0.1) is 33.5 Å². The number of aromatic carboxylic acids is 1. The highest BCUT2D eigenvalue weighted by Crippen LogP contribution is 2.22. The Morgan fingerprint density at radius 1 is 1.10 bits per heavy atom. The van der Waals surface area contributed by atoms with Crippen molar-refractivity contribution in [2.24, 2.45) is 0 Å². The van der Waals surface area contributed by atoms with E-state index in [0.717, 1.165) is 10.8 Å². The number of nitrogens with one attached hydrogen (secondary N) is 1. The van der Waals surface area contributed by atoms with Gasteiger partial charge < -0.3 is 10.4 Å². The first-order valence-corrected chi connectivity index (χ1v) is 9.27. The third kappa shape index (κ3) is 5.82.